The molecule has 1 aromatic carbocycles. The summed E-state index contributed by atoms with van der Waals surface area (Å²) >= 11 is 5.92. The molecule has 8 heteroatoms. The maximum atomic E-state index is 12.9. The van der Waals surface area contributed by atoms with E-state index in [1.807, 2.05) is 13.8 Å². The maximum Gasteiger partial charge on any atom is 0.249 e. The van der Waals surface area contributed by atoms with Gasteiger partial charge >= 0.3 is 0 Å². The quantitative estimate of drug-likeness (QED) is 0.799. The SMILES string of the molecule is CC(C)C(NC(=O)C1CC(=O)N(c2ccc(Cl)cc2)C1)c1nc(C2CC2)no1. The average Bonchev–Trinajstić information content (AvgIpc) is 3.27. The Bertz CT molecular complexity index is 876. The number of nitrogens with zero attached hydrogens (tertiary/aromatic N) is 3. The summed E-state index contributed by atoms with van der Waals surface area (Å²) in [5.41, 5.74) is 0.746. The maximum absolute atomic E-state index is 12.9. The molecule has 0 radical (unpaired) electrons. The van der Waals surface area contributed by atoms with E-state index in [1.54, 1.807) is 29.2 Å². The summed E-state index contributed by atoms with van der Waals surface area (Å²) in [4.78, 5) is 31.4. The monoisotopic (exact) mass is 402 g/mol. The van der Waals surface area contributed by atoms with Crippen molar-refractivity contribution in [2.45, 2.75) is 45.1 Å². The summed E-state index contributed by atoms with van der Waals surface area (Å²) in [7, 11) is 0. The largest absolute Gasteiger partial charge is 0.344 e. The highest BCUT2D eigenvalue weighted by atomic mass is 35.5. The van der Waals surface area contributed by atoms with Crippen LogP contribution in [0.5, 0.6) is 0 Å². The Morgan fingerprint density at radius 2 is 2.00 bits per heavy atom. The highest BCUT2D eigenvalue weighted by Crippen LogP contribution is 2.38. The molecule has 1 saturated carbocycles. The fourth-order valence-corrected chi connectivity index (χ4v) is 3.55. The molecule has 0 spiro atoms. The van der Waals surface area contributed by atoms with Crippen molar-refractivity contribution in [2.75, 3.05) is 11.4 Å². The van der Waals surface area contributed by atoms with Crippen molar-refractivity contribution >= 4 is 29.1 Å². The van der Waals surface area contributed by atoms with Crippen LogP contribution in [0.1, 0.15) is 56.8 Å². The van der Waals surface area contributed by atoms with Crippen molar-refractivity contribution in [3.63, 3.8) is 0 Å². The van der Waals surface area contributed by atoms with Gasteiger partial charge in [0.1, 0.15) is 6.04 Å². The number of aromatic nitrogens is 2. The number of hydrogen-bond donors (Lipinski definition) is 1. The van der Waals surface area contributed by atoms with Gasteiger partial charge in [-0.15, -0.1) is 0 Å². The van der Waals surface area contributed by atoms with E-state index in [1.165, 1.54) is 0 Å². The molecule has 2 unspecified atom stereocenters. The van der Waals surface area contributed by atoms with Crippen LogP contribution in [0.3, 0.4) is 0 Å². The summed E-state index contributed by atoms with van der Waals surface area (Å²) < 4.78 is 5.41. The minimum absolute atomic E-state index is 0.0719. The Balaban J connectivity index is 1.44. The third kappa shape index (κ3) is 3.90. The zero-order chi connectivity index (χ0) is 19.8. The Morgan fingerprint density at radius 1 is 1.29 bits per heavy atom. The summed E-state index contributed by atoms with van der Waals surface area (Å²) in [5.74, 6) is 0.966. The Hall–Kier alpha value is -2.41. The molecule has 2 fully saturated rings. The van der Waals surface area contributed by atoms with E-state index >= 15 is 0 Å². The van der Waals surface area contributed by atoms with Crippen molar-refractivity contribution in [1.29, 1.82) is 0 Å². The van der Waals surface area contributed by atoms with E-state index in [-0.39, 0.29) is 30.2 Å². The molecule has 7 nitrogen and oxygen atoms in total. The van der Waals surface area contributed by atoms with Crippen LogP contribution < -0.4 is 10.2 Å². The second-order valence-electron chi connectivity index (χ2n) is 7.88. The van der Waals surface area contributed by atoms with Gasteiger partial charge in [-0.3, -0.25) is 9.59 Å². The van der Waals surface area contributed by atoms with Gasteiger partial charge in [-0.05, 0) is 43.0 Å². The molecule has 2 aromatic rings. The van der Waals surface area contributed by atoms with Crippen molar-refractivity contribution in [3.8, 4) is 0 Å². The molecular weight excluding hydrogens is 380 g/mol. The number of amides is 2. The summed E-state index contributed by atoms with van der Waals surface area (Å²) in [6.07, 6.45) is 2.35. The van der Waals surface area contributed by atoms with Crippen molar-refractivity contribution in [3.05, 3.63) is 41.0 Å². The molecule has 2 aliphatic rings. The lowest BCUT2D eigenvalue weighted by Gasteiger charge is -2.21. The van der Waals surface area contributed by atoms with Crippen molar-refractivity contribution in [1.82, 2.24) is 15.5 Å². The Labute approximate surface area is 168 Å². The molecular formula is C20H23ClN4O3. The number of carbonyl (C=O) groups excluding carboxylic acids is 2. The molecule has 28 heavy (non-hydrogen) atoms. The highest BCUT2D eigenvalue weighted by Gasteiger charge is 2.37. The van der Waals surface area contributed by atoms with Gasteiger partial charge < -0.3 is 14.7 Å². The van der Waals surface area contributed by atoms with Crippen molar-refractivity contribution < 1.29 is 14.1 Å². The van der Waals surface area contributed by atoms with E-state index < -0.39 is 5.92 Å². The highest BCUT2D eigenvalue weighted by molar-refractivity contribution is 6.30. The van der Waals surface area contributed by atoms with Crippen LogP contribution in [0.2, 0.25) is 5.02 Å². The lowest BCUT2D eigenvalue weighted by atomic mass is 10.0. The van der Waals surface area contributed by atoms with Gasteiger partial charge in [0.25, 0.3) is 0 Å². The van der Waals surface area contributed by atoms with Gasteiger partial charge in [-0.25, -0.2) is 0 Å². The molecule has 2 amide bonds. The first kappa shape index (κ1) is 18.9. The number of benzene rings is 1. The van der Waals surface area contributed by atoms with Gasteiger partial charge in [-0.2, -0.15) is 4.98 Å². The topological polar surface area (TPSA) is 88.3 Å². The molecule has 0 bridgehead atoms. The number of halogens is 1. The van der Waals surface area contributed by atoms with Crippen LogP contribution in [0.4, 0.5) is 5.69 Å². The van der Waals surface area contributed by atoms with Crippen LogP contribution >= 0.6 is 11.6 Å². The first-order valence-electron chi connectivity index (χ1n) is 9.62. The van der Waals surface area contributed by atoms with E-state index in [2.05, 4.69) is 15.5 Å². The second-order valence-corrected chi connectivity index (χ2v) is 8.31. The van der Waals surface area contributed by atoms with Gasteiger partial charge in [0.15, 0.2) is 5.82 Å². The number of hydrogen-bond acceptors (Lipinski definition) is 5. The molecule has 1 aromatic heterocycles. The van der Waals surface area contributed by atoms with Gasteiger partial charge in [0, 0.05) is 29.6 Å². The molecule has 4 rings (SSSR count). The van der Waals surface area contributed by atoms with Crippen molar-refractivity contribution in [2.24, 2.45) is 11.8 Å². The predicted molar refractivity (Wildman–Crippen MR) is 104 cm³/mol. The number of nitrogens with one attached hydrogen (secondary N) is 1. The fourth-order valence-electron chi connectivity index (χ4n) is 3.42. The second kappa shape index (κ2) is 7.54. The van der Waals surface area contributed by atoms with Crippen LogP contribution in [0.25, 0.3) is 0 Å². The molecule has 2 heterocycles. The normalized spacial score (nSPS) is 20.6. The van der Waals surface area contributed by atoms with Crippen LogP contribution in [-0.4, -0.2) is 28.5 Å². The third-order valence-electron chi connectivity index (χ3n) is 5.26. The standard InChI is InChI=1S/C20H23ClN4O3/c1-11(2)17(20-23-18(24-28-20)12-3-4-12)22-19(27)13-9-16(26)25(10-13)15-7-5-14(21)6-8-15/h5-8,11-13,17H,3-4,9-10H2,1-2H3,(H,22,27). The predicted octanol–water partition coefficient (Wildman–Crippen LogP) is 3.47. The summed E-state index contributed by atoms with van der Waals surface area (Å²) in [6, 6.07) is 6.68. The zero-order valence-electron chi connectivity index (χ0n) is 15.9. The summed E-state index contributed by atoms with van der Waals surface area (Å²) in [6.45, 7) is 4.33. The molecule has 1 aliphatic carbocycles. The minimum Gasteiger partial charge on any atom is -0.344 e. The smallest absolute Gasteiger partial charge is 0.249 e. The number of anilines is 1. The van der Waals surface area contributed by atoms with Gasteiger partial charge in [0.2, 0.25) is 17.7 Å². The lowest BCUT2D eigenvalue weighted by molar-refractivity contribution is -0.127. The minimum atomic E-state index is -0.421. The molecule has 1 saturated heterocycles. The van der Waals surface area contributed by atoms with E-state index in [4.69, 9.17) is 16.1 Å². The Kier molecular flexibility index (Phi) is 5.10. The molecule has 1 aliphatic heterocycles. The van der Waals surface area contributed by atoms with Crippen LogP contribution in [0.15, 0.2) is 28.8 Å². The zero-order valence-corrected chi connectivity index (χ0v) is 16.6. The molecule has 148 valence electrons. The number of carbonyl (C=O) groups is 2. The van der Waals surface area contributed by atoms with Gasteiger partial charge in [-0.1, -0.05) is 30.6 Å². The lowest BCUT2D eigenvalue weighted by Crippen LogP contribution is -2.37. The Morgan fingerprint density at radius 3 is 2.64 bits per heavy atom. The summed E-state index contributed by atoms with van der Waals surface area (Å²) in [5, 5.41) is 7.67. The first-order chi connectivity index (χ1) is 13.4. The molecule has 2 atom stereocenters. The van der Waals surface area contributed by atoms with Crippen LogP contribution in [0, 0.1) is 11.8 Å². The fraction of sp³-hybridized carbons (Fsp3) is 0.500. The van der Waals surface area contributed by atoms with E-state index in [0.29, 0.717) is 23.4 Å². The van der Waals surface area contributed by atoms with Crippen LogP contribution in [-0.2, 0) is 9.59 Å². The average molecular weight is 403 g/mol. The van der Waals surface area contributed by atoms with Gasteiger partial charge in [0.05, 0.1) is 5.92 Å². The molecule has 1 N–H and O–H groups in total. The first-order valence-corrected chi connectivity index (χ1v) is 10.00. The number of rotatable bonds is 6. The van der Waals surface area contributed by atoms with E-state index in [9.17, 15) is 9.59 Å². The van der Waals surface area contributed by atoms with E-state index in [0.717, 1.165) is 24.4 Å². The third-order valence-corrected chi connectivity index (χ3v) is 5.52.